The number of amidine groups is 1. The smallest absolute Gasteiger partial charge is 0.398 e. The Morgan fingerprint density at radius 1 is 1.13 bits per heavy atom. The molecule has 31 heavy (non-hydrogen) atoms. The van der Waals surface area contributed by atoms with Crippen LogP contribution >= 0.6 is 23.2 Å². The van der Waals surface area contributed by atoms with Gasteiger partial charge < -0.3 is 11.1 Å². The van der Waals surface area contributed by atoms with E-state index in [1.807, 2.05) is 0 Å². The second-order valence-corrected chi connectivity index (χ2v) is 7.20. The first-order valence-electron chi connectivity index (χ1n) is 8.77. The fourth-order valence-electron chi connectivity index (χ4n) is 2.75. The summed E-state index contributed by atoms with van der Waals surface area (Å²) >= 11 is 12.2. The normalized spacial score (nSPS) is 12.8. The number of aliphatic imine (C=N–C) groups is 1. The maximum absolute atomic E-state index is 13.0. The number of halogens is 5. The first kappa shape index (κ1) is 22.6. The van der Waals surface area contributed by atoms with Crippen molar-refractivity contribution >= 4 is 51.5 Å². The van der Waals surface area contributed by atoms with Crippen LogP contribution in [0.2, 0.25) is 10.0 Å². The topological polar surface area (TPSA) is 80.4 Å². The van der Waals surface area contributed by atoms with E-state index in [4.69, 9.17) is 28.9 Å². The predicted octanol–water partition coefficient (Wildman–Crippen LogP) is 5.32. The van der Waals surface area contributed by atoms with Crippen molar-refractivity contribution in [2.45, 2.75) is 6.18 Å². The van der Waals surface area contributed by atoms with Crippen LogP contribution in [-0.2, 0) is 6.18 Å². The van der Waals surface area contributed by atoms with Gasteiger partial charge in [0, 0.05) is 41.0 Å². The molecule has 0 aliphatic heterocycles. The number of benzene rings is 2. The number of carbonyl (C=O) groups is 1. The van der Waals surface area contributed by atoms with Crippen LogP contribution in [0.1, 0.15) is 21.5 Å². The molecule has 2 aromatic carbocycles. The molecule has 0 radical (unpaired) electrons. The van der Waals surface area contributed by atoms with Crippen molar-refractivity contribution in [1.29, 1.82) is 0 Å². The van der Waals surface area contributed by atoms with Crippen LogP contribution in [0.25, 0.3) is 16.6 Å². The number of carbonyl (C=O) groups excluding carboxylic acids is 1. The number of amides is 1. The molecule has 3 rings (SSSR count). The van der Waals surface area contributed by atoms with Gasteiger partial charge in [0.1, 0.15) is 5.84 Å². The number of pyridine rings is 1. The van der Waals surface area contributed by atoms with Crippen molar-refractivity contribution in [2.75, 3.05) is 7.05 Å². The van der Waals surface area contributed by atoms with Crippen molar-refractivity contribution in [3.8, 4) is 0 Å². The van der Waals surface area contributed by atoms with Crippen LogP contribution in [0.4, 0.5) is 13.2 Å². The number of nitrogens with zero attached hydrogens (tertiary/aromatic N) is 2. The molecule has 3 aromatic rings. The number of hydrogen-bond donors (Lipinski definition) is 2. The zero-order valence-corrected chi connectivity index (χ0v) is 17.5. The third-order valence-electron chi connectivity index (χ3n) is 4.32. The molecule has 0 atom stereocenters. The summed E-state index contributed by atoms with van der Waals surface area (Å²) in [6.07, 6.45) is -1.76. The van der Waals surface area contributed by atoms with E-state index in [-0.39, 0.29) is 32.7 Å². The van der Waals surface area contributed by atoms with Crippen molar-refractivity contribution in [2.24, 2.45) is 10.7 Å². The molecule has 0 aliphatic carbocycles. The SMILES string of the molecule is CN=C(/C=C(\N)c1cc(C(F)(F)F)ccc1Cl)NC(=O)c1cc2ncccc2cc1Cl. The van der Waals surface area contributed by atoms with Crippen LogP contribution in [-0.4, -0.2) is 23.8 Å². The first-order valence-corrected chi connectivity index (χ1v) is 9.52. The lowest BCUT2D eigenvalue weighted by atomic mass is 10.1. The molecule has 160 valence electrons. The molecule has 5 nitrogen and oxygen atoms in total. The summed E-state index contributed by atoms with van der Waals surface area (Å²) in [5, 5.41) is 3.51. The van der Waals surface area contributed by atoms with Crippen molar-refractivity contribution < 1.29 is 18.0 Å². The monoisotopic (exact) mass is 466 g/mol. The van der Waals surface area contributed by atoms with Gasteiger partial charge in [0.05, 0.1) is 21.7 Å². The number of nitrogens with two attached hydrogens (primary N) is 1. The minimum atomic E-state index is -4.56. The molecule has 0 bridgehead atoms. The van der Waals surface area contributed by atoms with E-state index in [2.05, 4.69) is 15.3 Å². The second-order valence-electron chi connectivity index (χ2n) is 6.38. The largest absolute Gasteiger partial charge is 0.416 e. The van der Waals surface area contributed by atoms with Crippen LogP contribution in [0, 0.1) is 0 Å². The molecule has 1 heterocycles. The lowest BCUT2D eigenvalue weighted by Crippen LogP contribution is -2.30. The van der Waals surface area contributed by atoms with Gasteiger partial charge in [0.15, 0.2) is 0 Å². The first-order chi connectivity index (χ1) is 14.6. The Hall–Kier alpha value is -3.10. The summed E-state index contributed by atoms with van der Waals surface area (Å²) in [4.78, 5) is 20.8. The van der Waals surface area contributed by atoms with Crippen LogP contribution in [0.5, 0.6) is 0 Å². The van der Waals surface area contributed by atoms with E-state index in [0.29, 0.717) is 5.52 Å². The highest BCUT2D eigenvalue weighted by atomic mass is 35.5. The van der Waals surface area contributed by atoms with Gasteiger partial charge in [-0.25, -0.2) is 0 Å². The van der Waals surface area contributed by atoms with E-state index in [0.717, 1.165) is 23.6 Å². The van der Waals surface area contributed by atoms with E-state index in [9.17, 15) is 18.0 Å². The molecule has 1 amide bonds. The summed E-state index contributed by atoms with van der Waals surface area (Å²) in [7, 11) is 1.39. The summed E-state index contributed by atoms with van der Waals surface area (Å²) in [6.45, 7) is 0. The predicted molar refractivity (Wildman–Crippen MR) is 116 cm³/mol. The zero-order valence-electron chi connectivity index (χ0n) is 16.0. The van der Waals surface area contributed by atoms with Crippen molar-refractivity contribution in [3.05, 3.63) is 81.5 Å². The molecule has 1 aromatic heterocycles. The Kier molecular flexibility index (Phi) is 6.52. The highest BCUT2D eigenvalue weighted by Crippen LogP contribution is 2.33. The Morgan fingerprint density at radius 3 is 2.55 bits per heavy atom. The zero-order chi connectivity index (χ0) is 22.8. The Balaban J connectivity index is 1.89. The Labute approximate surface area is 185 Å². The Bertz CT molecular complexity index is 1220. The third kappa shape index (κ3) is 5.15. The average Bonchev–Trinajstić information content (AvgIpc) is 2.71. The standard InChI is InChI=1S/C21H15Cl2F3N4O/c1-28-19(10-17(27)13-8-12(21(24,25)26)4-5-15(13)22)30-20(31)14-9-18-11(7-16(14)23)3-2-6-29-18/h2-10H,27H2,1H3,(H,28,30,31)/b17-10-. The fourth-order valence-corrected chi connectivity index (χ4v) is 3.24. The number of hydrogen-bond acceptors (Lipinski definition) is 4. The van der Waals surface area contributed by atoms with Crippen molar-refractivity contribution in [1.82, 2.24) is 10.3 Å². The van der Waals surface area contributed by atoms with Gasteiger partial charge in [0.25, 0.3) is 5.91 Å². The molecule has 0 fully saturated rings. The van der Waals surface area contributed by atoms with Crippen LogP contribution in [0.15, 0.2) is 59.7 Å². The van der Waals surface area contributed by atoms with Gasteiger partial charge in [-0.05, 0) is 36.4 Å². The molecular weight excluding hydrogens is 452 g/mol. The minimum Gasteiger partial charge on any atom is -0.398 e. The van der Waals surface area contributed by atoms with Gasteiger partial charge in [-0.3, -0.25) is 14.8 Å². The number of rotatable bonds is 3. The van der Waals surface area contributed by atoms with Gasteiger partial charge in [-0.15, -0.1) is 0 Å². The van der Waals surface area contributed by atoms with E-state index in [1.165, 1.54) is 19.2 Å². The van der Waals surface area contributed by atoms with Gasteiger partial charge >= 0.3 is 6.18 Å². The van der Waals surface area contributed by atoms with E-state index >= 15 is 0 Å². The molecular formula is C21H15Cl2F3N4O. The number of aromatic nitrogens is 1. The molecule has 0 unspecified atom stereocenters. The molecule has 0 saturated heterocycles. The fraction of sp³-hybridized carbons (Fsp3) is 0.0952. The number of fused-ring (bicyclic) bond motifs is 1. The highest BCUT2D eigenvalue weighted by Gasteiger charge is 2.31. The van der Waals surface area contributed by atoms with Crippen LogP contribution < -0.4 is 11.1 Å². The van der Waals surface area contributed by atoms with Crippen molar-refractivity contribution in [3.63, 3.8) is 0 Å². The van der Waals surface area contributed by atoms with E-state index in [1.54, 1.807) is 24.4 Å². The number of alkyl halides is 3. The van der Waals surface area contributed by atoms with Crippen LogP contribution in [0.3, 0.4) is 0 Å². The lowest BCUT2D eigenvalue weighted by molar-refractivity contribution is -0.137. The van der Waals surface area contributed by atoms with E-state index < -0.39 is 17.6 Å². The molecule has 0 aliphatic rings. The summed E-state index contributed by atoms with van der Waals surface area (Å²) in [5.41, 5.74) is 5.61. The number of nitrogens with one attached hydrogen (secondary N) is 1. The highest BCUT2D eigenvalue weighted by molar-refractivity contribution is 6.35. The molecule has 0 spiro atoms. The lowest BCUT2D eigenvalue weighted by Gasteiger charge is -2.12. The second kappa shape index (κ2) is 8.95. The maximum atomic E-state index is 13.0. The van der Waals surface area contributed by atoms with Gasteiger partial charge in [-0.1, -0.05) is 29.3 Å². The third-order valence-corrected chi connectivity index (χ3v) is 4.96. The summed E-state index contributed by atoms with van der Waals surface area (Å²) in [5.74, 6) is -0.578. The average molecular weight is 467 g/mol. The quantitative estimate of drug-likeness (QED) is 0.404. The maximum Gasteiger partial charge on any atom is 0.416 e. The summed E-state index contributed by atoms with van der Waals surface area (Å²) in [6, 6.07) is 9.46. The van der Waals surface area contributed by atoms with Gasteiger partial charge in [0.2, 0.25) is 0 Å². The molecule has 0 saturated carbocycles. The molecule has 3 N–H and O–H groups in total. The molecule has 10 heteroatoms. The van der Waals surface area contributed by atoms with Gasteiger partial charge in [-0.2, -0.15) is 13.2 Å². The summed E-state index contributed by atoms with van der Waals surface area (Å²) < 4.78 is 39.0. The Morgan fingerprint density at radius 2 is 1.87 bits per heavy atom. The minimum absolute atomic E-state index is 0.00756.